The number of hydrogen-bond acceptors (Lipinski definition) is 4. The Labute approximate surface area is 112 Å². The maximum absolute atomic E-state index is 11.8. The highest BCUT2D eigenvalue weighted by Gasteiger charge is 2.20. The molecule has 6 heteroatoms. The molecule has 1 N–H and O–H groups in total. The van der Waals surface area contributed by atoms with Gasteiger partial charge >= 0.3 is 0 Å². The molecule has 102 valence electrons. The molecule has 1 heterocycles. The molecule has 1 rings (SSSR count). The number of carbonyl (C=O) groups excluding carboxylic acids is 1. The van der Waals surface area contributed by atoms with E-state index in [-0.39, 0.29) is 5.75 Å². The lowest BCUT2D eigenvalue weighted by atomic mass is 10.1. The molecule has 0 bridgehead atoms. The molecule has 4 nitrogen and oxygen atoms in total. The lowest BCUT2D eigenvalue weighted by Crippen LogP contribution is -2.35. The van der Waals surface area contributed by atoms with Crippen LogP contribution in [0.4, 0.5) is 0 Å². The molecule has 0 saturated carbocycles. The van der Waals surface area contributed by atoms with Gasteiger partial charge in [-0.05, 0) is 35.7 Å². The van der Waals surface area contributed by atoms with E-state index < -0.39 is 21.8 Å². The monoisotopic (exact) mass is 289 g/mol. The van der Waals surface area contributed by atoms with E-state index in [0.29, 0.717) is 6.42 Å². The molecule has 0 aliphatic carbocycles. The highest BCUT2D eigenvalue weighted by atomic mass is 32.2. The van der Waals surface area contributed by atoms with Crippen LogP contribution in [-0.4, -0.2) is 20.1 Å². The molecule has 1 aromatic rings. The van der Waals surface area contributed by atoms with E-state index in [1.54, 1.807) is 6.92 Å². The van der Waals surface area contributed by atoms with Crippen molar-refractivity contribution in [3.8, 4) is 0 Å². The van der Waals surface area contributed by atoms with Gasteiger partial charge in [-0.2, -0.15) is 11.3 Å². The lowest BCUT2D eigenvalue weighted by Gasteiger charge is -2.11. The predicted octanol–water partition coefficient (Wildman–Crippen LogP) is 2.49. The topological polar surface area (TPSA) is 63.2 Å². The van der Waals surface area contributed by atoms with Gasteiger partial charge in [-0.1, -0.05) is 19.8 Å². The van der Waals surface area contributed by atoms with Crippen LogP contribution in [0.15, 0.2) is 16.8 Å². The Balaban J connectivity index is 2.53. The van der Waals surface area contributed by atoms with Crippen molar-refractivity contribution in [2.75, 3.05) is 5.75 Å². The van der Waals surface area contributed by atoms with E-state index in [2.05, 4.69) is 4.72 Å². The maximum atomic E-state index is 11.8. The zero-order valence-electron chi connectivity index (χ0n) is 10.7. The second-order valence-corrected chi connectivity index (χ2v) is 6.89. The van der Waals surface area contributed by atoms with Crippen molar-refractivity contribution in [2.24, 2.45) is 0 Å². The van der Waals surface area contributed by atoms with Gasteiger partial charge in [0.25, 0.3) is 0 Å². The standard InChI is InChI=1S/C12H19NO3S2/c1-3-4-5-8-18(15,16)13-12(14)10(2)11-6-7-17-9-11/h6-7,9-10H,3-5,8H2,1-2H3,(H,13,14)/t10-/m0/s1. The molecule has 0 aromatic carbocycles. The van der Waals surface area contributed by atoms with E-state index >= 15 is 0 Å². The highest BCUT2D eigenvalue weighted by molar-refractivity contribution is 7.90. The average molecular weight is 289 g/mol. The molecule has 0 saturated heterocycles. The van der Waals surface area contributed by atoms with Crippen LogP contribution in [-0.2, 0) is 14.8 Å². The second-order valence-electron chi connectivity index (χ2n) is 4.27. The summed E-state index contributed by atoms with van der Waals surface area (Å²) in [5.74, 6) is -0.870. The number of unbranched alkanes of at least 4 members (excludes halogenated alkanes) is 2. The summed E-state index contributed by atoms with van der Waals surface area (Å²) in [4.78, 5) is 11.8. The van der Waals surface area contributed by atoms with Crippen LogP contribution in [0.1, 0.15) is 44.6 Å². The Kier molecular flexibility index (Phi) is 5.81. The van der Waals surface area contributed by atoms with Gasteiger partial charge < -0.3 is 0 Å². The fraction of sp³-hybridized carbons (Fsp3) is 0.583. The van der Waals surface area contributed by atoms with Gasteiger partial charge in [-0.25, -0.2) is 8.42 Å². The Morgan fingerprint density at radius 1 is 1.44 bits per heavy atom. The van der Waals surface area contributed by atoms with E-state index in [0.717, 1.165) is 18.4 Å². The van der Waals surface area contributed by atoms with Gasteiger partial charge in [0.15, 0.2) is 0 Å². The average Bonchev–Trinajstić information content (AvgIpc) is 2.80. The molecular formula is C12H19NO3S2. The summed E-state index contributed by atoms with van der Waals surface area (Å²) in [6.45, 7) is 3.71. The zero-order chi connectivity index (χ0) is 13.6. The number of amides is 1. The lowest BCUT2D eigenvalue weighted by molar-refractivity contribution is -0.120. The summed E-state index contributed by atoms with van der Waals surface area (Å²) in [7, 11) is -3.49. The van der Waals surface area contributed by atoms with Crippen molar-refractivity contribution in [3.05, 3.63) is 22.4 Å². The van der Waals surface area contributed by atoms with Gasteiger partial charge in [0.1, 0.15) is 0 Å². The van der Waals surface area contributed by atoms with Crippen molar-refractivity contribution in [1.82, 2.24) is 4.72 Å². The van der Waals surface area contributed by atoms with Crippen molar-refractivity contribution >= 4 is 27.3 Å². The Hall–Kier alpha value is -0.880. The van der Waals surface area contributed by atoms with Crippen molar-refractivity contribution in [2.45, 2.75) is 39.0 Å². The van der Waals surface area contributed by atoms with E-state index in [4.69, 9.17) is 0 Å². The van der Waals surface area contributed by atoms with E-state index in [1.165, 1.54) is 11.3 Å². The zero-order valence-corrected chi connectivity index (χ0v) is 12.3. The predicted molar refractivity (Wildman–Crippen MR) is 74.2 cm³/mol. The van der Waals surface area contributed by atoms with E-state index in [9.17, 15) is 13.2 Å². The fourth-order valence-electron chi connectivity index (χ4n) is 1.51. The smallest absolute Gasteiger partial charge is 0.240 e. The van der Waals surface area contributed by atoms with Crippen LogP contribution in [0.2, 0.25) is 0 Å². The van der Waals surface area contributed by atoms with Crippen LogP contribution in [0.25, 0.3) is 0 Å². The number of hydrogen-bond donors (Lipinski definition) is 1. The van der Waals surface area contributed by atoms with Gasteiger partial charge in [0, 0.05) is 0 Å². The molecule has 0 radical (unpaired) electrons. The minimum Gasteiger partial charge on any atom is -0.273 e. The minimum absolute atomic E-state index is 0.0168. The summed E-state index contributed by atoms with van der Waals surface area (Å²) in [6.07, 6.45) is 2.40. The first-order valence-electron chi connectivity index (χ1n) is 6.02. The molecule has 0 aliphatic heterocycles. The molecule has 0 spiro atoms. The third-order valence-electron chi connectivity index (χ3n) is 2.71. The van der Waals surface area contributed by atoms with Gasteiger partial charge in [-0.3, -0.25) is 9.52 Å². The third kappa shape index (κ3) is 4.78. The molecule has 0 aliphatic rings. The Bertz CT molecular complexity index is 466. The van der Waals surface area contributed by atoms with Gasteiger partial charge in [0.05, 0.1) is 11.7 Å². The first-order valence-corrected chi connectivity index (χ1v) is 8.62. The number of thiophene rings is 1. The van der Waals surface area contributed by atoms with Crippen molar-refractivity contribution < 1.29 is 13.2 Å². The fourth-order valence-corrected chi connectivity index (χ4v) is 3.43. The van der Waals surface area contributed by atoms with Crippen LogP contribution >= 0.6 is 11.3 Å². The molecular weight excluding hydrogens is 270 g/mol. The SMILES string of the molecule is CCCCCS(=O)(=O)NC(=O)[C@@H](C)c1ccsc1. The molecule has 1 amide bonds. The summed E-state index contributed by atoms with van der Waals surface area (Å²) in [5.41, 5.74) is 0.848. The summed E-state index contributed by atoms with van der Waals surface area (Å²) in [5, 5.41) is 3.73. The number of rotatable bonds is 7. The third-order valence-corrected chi connectivity index (χ3v) is 4.75. The molecule has 1 aromatic heterocycles. The summed E-state index contributed by atoms with van der Waals surface area (Å²) >= 11 is 1.49. The summed E-state index contributed by atoms with van der Waals surface area (Å²) in [6, 6.07) is 1.83. The normalized spacial score (nSPS) is 13.2. The first kappa shape index (κ1) is 15.2. The number of sulfonamides is 1. The first-order chi connectivity index (χ1) is 8.46. The second kappa shape index (κ2) is 6.89. The van der Waals surface area contributed by atoms with Crippen LogP contribution < -0.4 is 4.72 Å². The number of carbonyl (C=O) groups is 1. The van der Waals surface area contributed by atoms with Crippen LogP contribution in [0.5, 0.6) is 0 Å². The molecule has 0 unspecified atom stereocenters. The Morgan fingerprint density at radius 3 is 2.72 bits per heavy atom. The van der Waals surface area contributed by atoms with Gasteiger partial charge in [-0.15, -0.1) is 0 Å². The quantitative estimate of drug-likeness (QED) is 0.784. The summed E-state index contributed by atoms with van der Waals surface area (Å²) < 4.78 is 25.5. The van der Waals surface area contributed by atoms with Crippen LogP contribution in [0.3, 0.4) is 0 Å². The largest absolute Gasteiger partial charge is 0.273 e. The van der Waals surface area contributed by atoms with Crippen molar-refractivity contribution in [3.63, 3.8) is 0 Å². The van der Waals surface area contributed by atoms with Crippen molar-refractivity contribution in [1.29, 1.82) is 0 Å². The van der Waals surface area contributed by atoms with Crippen LogP contribution in [0, 0.1) is 0 Å². The Morgan fingerprint density at radius 2 is 2.17 bits per heavy atom. The number of nitrogens with one attached hydrogen (secondary N) is 1. The molecule has 0 fully saturated rings. The molecule has 1 atom stereocenters. The maximum Gasteiger partial charge on any atom is 0.240 e. The van der Waals surface area contributed by atoms with E-state index in [1.807, 2.05) is 23.8 Å². The van der Waals surface area contributed by atoms with Gasteiger partial charge in [0.2, 0.25) is 15.9 Å². The molecule has 18 heavy (non-hydrogen) atoms. The minimum atomic E-state index is -3.49. The highest BCUT2D eigenvalue weighted by Crippen LogP contribution is 2.18.